The quantitative estimate of drug-likeness (QED) is 0.0245. The van der Waals surface area contributed by atoms with Crippen LogP contribution >= 0.6 is 7.82 Å². The van der Waals surface area contributed by atoms with Gasteiger partial charge in [0.15, 0.2) is 0 Å². The van der Waals surface area contributed by atoms with Crippen molar-refractivity contribution in [2.75, 3.05) is 40.9 Å². The molecule has 0 aliphatic rings. The van der Waals surface area contributed by atoms with Gasteiger partial charge in [-0.2, -0.15) is 0 Å². The molecule has 0 saturated carbocycles. The molecule has 0 fully saturated rings. The monoisotopic (exact) mass is 814 g/mol. The third-order valence-electron chi connectivity index (χ3n) is 10.6. The van der Waals surface area contributed by atoms with Crippen LogP contribution in [-0.2, 0) is 18.4 Å². The van der Waals surface area contributed by atoms with Gasteiger partial charge in [-0.15, -0.1) is 0 Å². The molecule has 0 spiro atoms. The lowest BCUT2D eigenvalue weighted by atomic mass is 10.0. The van der Waals surface area contributed by atoms with Crippen molar-refractivity contribution in [2.45, 2.75) is 231 Å². The molecule has 0 aliphatic heterocycles. The standard InChI is InChI=1S/C47H93N2O6P/c1-6-8-10-11-12-13-14-15-16-17-18-19-20-21-22-23-24-25-26-27-28-29-30-31-32-33-34-35-36-37-39-41-47(51)48-45(46(50)40-38-9-7-2)44-55-56(52,53)54-43-42-49(3,4)5/h17-18,38,40,45-46,50H,6-16,19-37,39,41-44H2,1-5H3,(H-,48,51,52,53)/p+1/b18-17-,40-38+. The number of aliphatic hydroxyl groups is 1. The average molecular weight is 814 g/mol. The van der Waals surface area contributed by atoms with Crippen LogP contribution in [0.15, 0.2) is 24.3 Å². The molecule has 0 aliphatic carbocycles. The van der Waals surface area contributed by atoms with Gasteiger partial charge in [0.2, 0.25) is 5.91 Å². The fourth-order valence-electron chi connectivity index (χ4n) is 6.87. The summed E-state index contributed by atoms with van der Waals surface area (Å²) >= 11 is 0. The third kappa shape index (κ3) is 41.2. The zero-order valence-electron chi connectivity index (χ0n) is 37.6. The number of unbranched alkanes of at least 4 members (excludes halogenated alkanes) is 28. The predicted octanol–water partition coefficient (Wildman–Crippen LogP) is 13.3. The molecular weight excluding hydrogens is 719 g/mol. The summed E-state index contributed by atoms with van der Waals surface area (Å²) in [5.41, 5.74) is 0. The molecule has 3 atom stereocenters. The van der Waals surface area contributed by atoms with Gasteiger partial charge in [-0.3, -0.25) is 13.8 Å². The number of hydrogen-bond donors (Lipinski definition) is 3. The molecule has 9 heteroatoms. The molecule has 3 unspecified atom stereocenters. The maximum Gasteiger partial charge on any atom is 0.472 e. The van der Waals surface area contributed by atoms with Crippen molar-refractivity contribution in [2.24, 2.45) is 0 Å². The van der Waals surface area contributed by atoms with Crippen LogP contribution < -0.4 is 5.32 Å². The molecule has 0 aromatic rings. The first-order valence-corrected chi connectivity index (χ1v) is 25.2. The predicted molar refractivity (Wildman–Crippen MR) is 240 cm³/mol. The highest BCUT2D eigenvalue weighted by atomic mass is 31.2. The van der Waals surface area contributed by atoms with E-state index in [1.165, 1.54) is 167 Å². The van der Waals surface area contributed by atoms with Crippen LogP contribution in [0.5, 0.6) is 0 Å². The summed E-state index contributed by atoms with van der Waals surface area (Å²) in [5.74, 6) is -0.186. The topological polar surface area (TPSA) is 105 Å². The molecule has 0 aromatic heterocycles. The number of phosphoric acid groups is 1. The first-order valence-electron chi connectivity index (χ1n) is 23.7. The zero-order chi connectivity index (χ0) is 41.4. The molecule has 0 heterocycles. The smallest absolute Gasteiger partial charge is 0.387 e. The van der Waals surface area contributed by atoms with E-state index in [-0.39, 0.29) is 19.1 Å². The van der Waals surface area contributed by atoms with Crippen molar-refractivity contribution in [1.29, 1.82) is 0 Å². The van der Waals surface area contributed by atoms with Gasteiger partial charge in [0.05, 0.1) is 39.9 Å². The number of hydrogen-bond acceptors (Lipinski definition) is 5. The number of nitrogens with zero attached hydrogens (tertiary/aromatic N) is 1. The van der Waals surface area contributed by atoms with E-state index < -0.39 is 20.0 Å². The Bertz CT molecular complexity index is 969. The van der Waals surface area contributed by atoms with Crippen molar-refractivity contribution in [3.05, 3.63) is 24.3 Å². The van der Waals surface area contributed by atoms with E-state index in [1.54, 1.807) is 6.08 Å². The second-order valence-corrected chi connectivity index (χ2v) is 18.9. The maximum atomic E-state index is 12.7. The number of rotatable bonds is 43. The minimum Gasteiger partial charge on any atom is -0.387 e. The fourth-order valence-corrected chi connectivity index (χ4v) is 7.60. The number of carbonyl (C=O) groups excluding carboxylic acids is 1. The summed E-state index contributed by atoms with van der Waals surface area (Å²) in [7, 11) is 1.57. The molecule has 0 rings (SSSR count). The van der Waals surface area contributed by atoms with Crippen LogP contribution in [0, 0.1) is 0 Å². The van der Waals surface area contributed by atoms with E-state index in [4.69, 9.17) is 9.05 Å². The average Bonchev–Trinajstić information content (AvgIpc) is 3.15. The van der Waals surface area contributed by atoms with Gasteiger partial charge in [0, 0.05) is 6.42 Å². The molecule has 0 saturated heterocycles. The van der Waals surface area contributed by atoms with Gasteiger partial charge in [0.25, 0.3) is 0 Å². The minimum absolute atomic E-state index is 0.0614. The first kappa shape index (κ1) is 55.0. The van der Waals surface area contributed by atoms with Gasteiger partial charge < -0.3 is 19.8 Å². The molecule has 0 bridgehead atoms. The Kier molecular flexibility index (Phi) is 38.7. The van der Waals surface area contributed by atoms with Crippen LogP contribution in [-0.4, -0.2) is 73.4 Å². The summed E-state index contributed by atoms with van der Waals surface area (Å²) in [5, 5.41) is 13.5. The number of phosphoric ester groups is 1. The van der Waals surface area contributed by atoms with Gasteiger partial charge in [0.1, 0.15) is 13.2 Å². The maximum absolute atomic E-state index is 12.7. The number of amides is 1. The van der Waals surface area contributed by atoms with E-state index in [0.29, 0.717) is 17.4 Å². The lowest BCUT2D eigenvalue weighted by molar-refractivity contribution is -0.870. The summed E-state index contributed by atoms with van der Waals surface area (Å²) < 4.78 is 23.2. The second-order valence-electron chi connectivity index (χ2n) is 17.5. The van der Waals surface area contributed by atoms with Gasteiger partial charge >= 0.3 is 7.82 Å². The fraction of sp³-hybridized carbons (Fsp3) is 0.894. The number of likely N-dealkylation sites (N-methyl/N-ethyl adjacent to an activating group) is 1. The second kappa shape index (κ2) is 39.4. The van der Waals surface area contributed by atoms with Crippen LogP contribution in [0.2, 0.25) is 0 Å². The Balaban J connectivity index is 3.72. The minimum atomic E-state index is -4.31. The van der Waals surface area contributed by atoms with Gasteiger partial charge in [-0.05, 0) is 38.5 Å². The van der Waals surface area contributed by atoms with Crippen LogP contribution in [0.25, 0.3) is 0 Å². The number of allylic oxidation sites excluding steroid dienone is 3. The van der Waals surface area contributed by atoms with E-state index >= 15 is 0 Å². The van der Waals surface area contributed by atoms with Crippen molar-refractivity contribution in [3.8, 4) is 0 Å². The Hall–Kier alpha value is -1.02. The summed E-state index contributed by atoms with van der Waals surface area (Å²) in [6.45, 7) is 4.61. The third-order valence-corrected chi connectivity index (χ3v) is 11.6. The Morgan fingerprint density at radius 1 is 0.589 bits per heavy atom. The number of quaternary nitrogens is 1. The van der Waals surface area contributed by atoms with Crippen LogP contribution in [0.4, 0.5) is 0 Å². The summed E-state index contributed by atoms with van der Waals surface area (Å²) in [4.78, 5) is 22.8. The molecule has 0 radical (unpaired) electrons. The zero-order valence-corrected chi connectivity index (χ0v) is 38.5. The molecule has 0 aromatic carbocycles. The Morgan fingerprint density at radius 3 is 1.41 bits per heavy atom. The Labute approximate surface area is 347 Å². The lowest BCUT2D eigenvalue weighted by Crippen LogP contribution is -2.45. The summed E-state index contributed by atoms with van der Waals surface area (Å²) in [6, 6.07) is -0.838. The van der Waals surface area contributed by atoms with Crippen LogP contribution in [0.3, 0.4) is 0 Å². The number of aliphatic hydroxyl groups excluding tert-OH is 1. The molecule has 332 valence electrons. The van der Waals surface area contributed by atoms with E-state index in [0.717, 1.165) is 32.1 Å². The van der Waals surface area contributed by atoms with Crippen LogP contribution in [0.1, 0.15) is 219 Å². The normalized spacial score (nSPS) is 14.5. The molecule has 56 heavy (non-hydrogen) atoms. The Morgan fingerprint density at radius 2 is 1.00 bits per heavy atom. The van der Waals surface area contributed by atoms with E-state index in [2.05, 4.69) is 24.4 Å². The first-order chi connectivity index (χ1) is 27.0. The van der Waals surface area contributed by atoms with Crippen molar-refractivity contribution < 1.29 is 32.9 Å². The largest absolute Gasteiger partial charge is 0.472 e. The van der Waals surface area contributed by atoms with Crippen molar-refractivity contribution in [1.82, 2.24) is 5.32 Å². The number of carbonyl (C=O) groups is 1. The molecule has 3 N–H and O–H groups in total. The highest BCUT2D eigenvalue weighted by molar-refractivity contribution is 7.47. The van der Waals surface area contributed by atoms with Gasteiger partial charge in [-0.1, -0.05) is 199 Å². The van der Waals surface area contributed by atoms with E-state index in [9.17, 15) is 19.4 Å². The van der Waals surface area contributed by atoms with Gasteiger partial charge in [-0.25, -0.2) is 4.57 Å². The van der Waals surface area contributed by atoms with Crippen molar-refractivity contribution in [3.63, 3.8) is 0 Å². The highest BCUT2D eigenvalue weighted by Crippen LogP contribution is 2.43. The molecular formula is C47H94N2O6P+. The number of nitrogens with one attached hydrogen (secondary N) is 1. The van der Waals surface area contributed by atoms with Crippen molar-refractivity contribution >= 4 is 13.7 Å². The highest BCUT2D eigenvalue weighted by Gasteiger charge is 2.27. The SMILES string of the molecule is CCC/C=C/C(O)C(COP(=O)(O)OCC[N+](C)(C)C)NC(=O)CCCCCCCCCCCCCCCCCCCCC/C=C\CCCCCCCCCC. The molecule has 1 amide bonds. The van der Waals surface area contributed by atoms with E-state index in [1.807, 2.05) is 34.1 Å². The lowest BCUT2D eigenvalue weighted by Gasteiger charge is -2.25. The molecule has 8 nitrogen and oxygen atoms in total. The summed E-state index contributed by atoms with van der Waals surface area (Å²) in [6.07, 6.45) is 48.0.